The van der Waals surface area contributed by atoms with Gasteiger partial charge in [-0.25, -0.2) is 4.98 Å². The minimum Gasteiger partial charge on any atom is -0.310 e. The third-order valence-electron chi connectivity index (χ3n) is 1.47. The second kappa shape index (κ2) is 3.78. The van der Waals surface area contributed by atoms with E-state index in [-0.39, 0.29) is 5.50 Å². The van der Waals surface area contributed by atoms with Crippen LogP contribution in [0, 0.1) is 6.92 Å². The summed E-state index contributed by atoms with van der Waals surface area (Å²) in [6.45, 7) is 4.10. The molecule has 0 amide bonds. The topological polar surface area (TPSA) is 43.8 Å². The molecule has 1 aromatic rings. The molecule has 1 heterocycles. The summed E-state index contributed by atoms with van der Waals surface area (Å²) in [4.78, 5) is 3.99. The smallest absolute Gasteiger partial charge is 0.130 e. The number of imidazole rings is 1. The molecule has 1 unspecified atom stereocenters. The summed E-state index contributed by atoms with van der Waals surface area (Å²) in [5.74, 6) is 1.03. The van der Waals surface area contributed by atoms with Crippen LogP contribution in [0.2, 0.25) is 0 Å². The number of hydrogen-bond acceptors (Lipinski definition) is 3. The van der Waals surface area contributed by atoms with Gasteiger partial charge in [0.1, 0.15) is 5.50 Å². The molecule has 0 saturated heterocycles. The van der Waals surface area contributed by atoms with E-state index in [9.17, 15) is 0 Å². The number of hydrogen-bond donors (Lipinski definition) is 1. The monoisotopic (exact) mass is 171 g/mol. The standard InChI is InChI=1S/C7H13N3S/c1-3-11-7(8)10-5-9-4-6(10)2/h4-5,7H,3,8H2,1-2H3. The van der Waals surface area contributed by atoms with E-state index in [4.69, 9.17) is 5.73 Å². The summed E-state index contributed by atoms with van der Waals surface area (Å²) in [7, 11) is 0. The Balaban J connectivity index is 2.67. The summed E-state index contributed by atoms with van der Waals surface area (Å²) in [5.41, 5.74) is 6.96. The van der Waals surface area contributed by atoms with Gasteiger partial charge in [0.15, 0.2) is 0 Å². The normalized spacial score (nSPS) is 13.4. The van der Waals surface area contributed by atoms with Crippen LogP contribution in [0.1, 0.15) is 18.1 Å². The third-order valence-corrected chi connectivity index (χ3v) is 2.37. The molecule has 3 nitrogen and oxygen atoms in total. The van der Waals surface area contributed by atoms with Crippen molar-refractivity contribution >= 4 is 11.8 Å². The average Bonchev–Trinajstić information content (AvgIpc) is 2.36. The minimum atomic E-state index is 0.0162. The van der Waals surface area contributed by atoms with Crippen molar-refractivity contribution < 1.29 is 0 Å². The highest BCUT2D eigenvalue weighted by atomic mass is 32.2. The van der Waals surface area contributed by atoms with E-state index in [2.05, 4.69) is 11.9 Å². The van der Waals surface area contributed by atoms with Gasteiger partial charge in [0.25, 0.3) is 0 Å². The van der Waals surface area contributed by atoms with Crippen LogP contribution in [0.3, 0.4) is 0 Å². The summed E-state index contributed by atoms with van der Waals surface area (Å²) in [6.07, 6.45) is 3.58. The van der Waals surface area contributed by atoms with Crippen LogP contribution in [0.5, 0.6) is 0 Å². The Labute approximate surface area is 71.0 Å². The molecular formula is C7H13N3S. The molecule has 1 atom stereocenters. The van der Waals surface area contributed by atoms with Crippen molar-refractivity contribution in [1.82, 2.24) is 9.55 Å². The number of aryl methyl sites for hydroxylation is 1. The van der Waals surface area contributed by atoms with E-state index >= 15 is 0 Å². The Morgan fingerprint density at radius 2 is 2.55 bits per heavy atom. The van der Waals surface area contributed by atoms with Crippen molar-refractivity contribution in [3.63, 3.8) is 0 Å². The summed E-state index contributed by atoms with van der Waals surface area (Å²) >= 11 is 1.70. The molecule has 0 bridgehead atoms. The maximum atomic E-state index is 5.84. The molecule has 0 aromatic carbocycles. The highest BCUT2D eigenvalue weighted by Crippen LogP contribution is 2.17. The average molecular weight is 171 g/mol. The Bertz CT molecular complexity index is 221. The molecule has 0 saturated carbocycles. The first kappa shape index (κ1) is 8.62. The van der Waals surface area contributed by atoms with Crippen molar-refractivity contribution in [1.29, 1.82) is 0 Å². The first-order valence-corrected chi connectivity index (χ1v) is 4.66. The minimum absolute atomic E-state index is 0.0162. The van der Waals surface area contributed by atoms with Crippen molar-refractivity contribution in [2.45, 2.75) is 19.3 Å². The van der Waals surface area contributed by atoms with E-state index in [1.54, 1.807) is 18.1 Å². The fourth-order valence-electron chi connectivity index (χ4n) is 0.888. The first-order chi connectivity index (χ1) is 5.25. The zero-order chi connectivity index (χ0) is 8.27. The lowest BCUT2D eigenvalue weighted by atomic mass is 10.5. The van der Waals surface area contributed by atoms with Crippen molar-refractivity contribution in [3.05, 3.63) is 18.2 Å². The molecule has 0 aliphatic heterocycles. The summed E-state index contributed by atoms with van der Waals surface area (Å²) < 4.78 is 1.97. The van der Waals surface area contributed by atoms with Crippen LogP contribution in [-0.4, -0.2) is 15.3 Å². The predicted octanol–water partition coefficient (Wildman–Crippen LogP) is 1.36. The zero-order valence-electron chi connectivity index (χ0n) is 6.82. The molecule has 11 heavy (non-hydrogen) atoms. The fourth-order valence-corrected chi connectivity index (χ4v) is 1.61. The van der Waals surface area contributed by atoms with Gasteiger partial charge >= 0.3 is 0 Å². The SMILES string of the molecule is CCSC(N)n1cncc1C. The highest BCUT2D eigenvalue weighted by Gasteiger charge is 2.04. The number of aromatic nitrogens is 2. The molecule has 0 fully saturated rings. The van der Waals surface area contributed by atoms with E-state index in [0.29, 0.717) is 0 Å². The van der Waals surface area contributed by atoms with Crippen molar-refractivity contribution in [2.24, 2.45) is 5.73 Å². The lowest BCUT2D eigenvalue weighted by Crippen LogP contribution is -2.15. The predicted molar refractivity (Wildman–Crippen MR) is 48.3 cm³/mol. The van der Waals surface area contributed by atoms with E-state index in [1.165, 1.54) is 0 Å². The molecule has 0 aliphatic carbocycles. The molecular weight excluding hydrogens is 158 g/mol. The molecule has 2 N–H and O–H groups in total. The van der Waals surface area contributed by atoms with E-state index < -0.39 is 0 Å². The Hall–Kier alpha value is -0.480. The van der Waals surface area contributed by atoms with E-state index in [1.807, 2.05) is 17.7 Å². The summed E-state index contributed by atoms with van der Waals surface area (Å²) in [5, 5.41) is 0. The first-order valence-electron chi connectivity index (χ1n) is 3.61. The Kier molecular flexibility index (Phi) is 2.96. The third kappa shape index (κ3) is 1.97. The molecule has 0 radical (unpaired) electrons. The second-order valence-electron chi connectivity index (χ2n) is 2.29. The van der Waals surface area contributed by atoms with Gasteiger partial charge in [0.2, 0.25) is 0 Å². The van der Waals surface area contributed by atoms with Gasteiger partial charge in [-0.05, 0) is 12.7 Å². The number of thioether (sulfide) groups is 1. The Morgan fingerprint density at radius 3 is 3.00 bits per heavy atom. The van der Waals surface area contributed by atoms with Gasteiger partial charge in [-0.2, -0.15) is 0 Å². The second-order valence-corrected chi connectivity index (χ2v) is 3.68. The number of rotatable bonds is 3. The van der Waals surface area contributed by atoms with Gasteiger partial charge in [0, 0.05) is 11.9 Å². The lowest BCUT2D eigenvalue weighted by molar-refractivity contribution is 0.689. The van der Waals surface area contributed by atoms with Crippen molar-refractivity contribution in [3.8, 4) is 0 Å². The van der Waals surface area contributed by atoms with Crippen LogP contribution >= 0.6 is 11.8 Å². The van der Waals surface area contributed by atoms with Crippen LogP contribution < -0.4 is 5.73 Å². The molecule has 4 heteroatoms. The van der Waals surface area contributed by atoms with Crippen LogP contribution in [0.4, 0.5) is 0 Å². The van der Waals surface area contributed by atoms with Crippen LogP contribution in [0.25, 0.3) is 0 Å². The lowest BCUT2D eigenvalue weighted by Gasteiger charge is -2.12. The molecule has 62 valence electrons. The number of nitrogens with zero attached hydrogens (tertiary/aromatic N) is 2. The van der Waals surface area contributed by atoms with Gasteiger partial charge < -0.3 is 10.3 Å². The fraction of sp³-hybridized carbons (Fsp3) is 0.571. The van der Waals surface area contributed by atoms with Crippen LogP contribution in [-0.2, 0) is 0 Å². The zero-order valence-corrected chi connectivity index (χ0v) is 7.64. The van der Waals surface area contributed by atoms with Crippen LogP contribution in [0.15, 0.2) is 12.5 Å². The maximum absolute atomic E-state index is 5.84. The maximum Gasteiger partial charge on any atom is 0.130 e. The molecule has 0 aliphatic rings. The Morgan fingerprint density at radius 1 is 1.82 bits per heavy atom. The molecule has 1 aromatic heterocycles. The number of nitrogens with two attached hydrogens (primary N) is 1. The van der Waals surface area contributed by atoms with E-state index in [0.717, 1.165) is 11.4 Å². The summed E-state index contributed by atoms with van der Waals surface area (Å²) in [6, 6.07) is 0. The quantitative estimate of drug-likeness (QED) is 0.698. The van der Waals surface area contributed by atoms with Gasteiger partial charge in [-0.1, -0.05) is 6.92 Å². The van der Waals surface area contributed by atoms with Gasteiger partial charge in [0.05, 0.1) is 6.33 Å². The van der Waals surface area contributed by atoms with Gasteiger partial charge in [-0.3, -0.25) is 0 Å². The molecule has 0 spiro atoms. The van der Waals surface area contributed by atoms with Gasteiger partial charge in [-0.15, -0.1) is 11.8 Å². The van der Waals surface area contributed by atoms with Crippen molar-refractivity contribution in [2.75, 3.05) is 5.75 Å². The molecule has 1 rings (SSSR count). The largest absolute Gasteiger partial charge is 0.310 e. The highest BCUT2D eigenvalue weighted by molar-refractivity contribution is 7.99.